The second kappa shape index (κ2) is 2.78. The molecule has 1 rings (SSSR count). The van der Waals surface area contributed by atoms with Crippen LogP contribution in [0.1, 0.15) is 5.56 Å². The average Bonchev–Trinajstić information content (AvgIpc) is 2.34. The lowest BCUT2D eigenvalue weighted by Crippen LogP contribution is -2.02. The Kier molecular flexibility index (Phi) is 1.97. The number of rotatable bonds is 1. The fraction of sp³-hybridized carbons (Fsp3) is 0.200. The molecule has 0 saturated heterocycles. The molecule has 0 amide bonds. The molecule has 0 aliphatic carbocycles. The zero-order valence-electron chi connectivity index (χ0n) is 5.63. The van der Waals surface area contributed by atoms with Gasteiger partial charge in [-0.2, -0.15) is 13.2 Å². The second-order valence-electron chi connectivity index (χ2n) is 1.93. The fourth-order valence-electron chi connectivity index (χ4n) is 0.717. The Morgan fingerprint density at radius 3 is 2.67 bits per heavy atom. The zero-order valence-corrected chi connectivity index (χ0v) is 5.63. The van der Waals surface area contributed by atoms with Crippen LogP contribution in [0.4, 0.5) is 19.0 Å². The minimum absolute atomic E-state index is 0.509. The molecule has 0 aliphatic rings. The number of hydrogen-bond donors (Lipinski definition) is 1. The van der Waals surface area contributed by atoms with E-state index in [2.05, 4.69) is 15.0 Å². The monoisotopic (exact) mass is 176 g/mol. The molecule has 7 heteroatoms. The molecule has 12 heavy (non-hydrogen) atoms. The normalized spacial score (nSPS) is 10.9. The first-order valence-corrected chi connectivity index (χ1v) is 2.85. The van der Waals surface area contributed by atoms with E-state index in [1.807, 2.05) is 0 Å². The third kappa shape index (κ3) is 1.51. The molecule has 0 aromatic carbocycles. The molecular formula is C5H3F3N4. The van der Waals surface area contributed by atoms with Gasteiger partial charge in [-0.15, -0.1) is 0 Å². The van der Waals surface area contributed by atoms with Crippen molar-refractivity contribution in [3.8, 4) is 0 Å². The molecule has 0 bridgehead atoms. The maximum Gasteiger partial charge on any atom is 0.418 e. The quantitative estimate of drug-likeness (QED) is 0.388. The van der Waals surface area contributed by atoms with Crippen LogP contribution in [-0.4, -0.2) is 4.98 Å². The highest BCUT2D eigenvalue weighted by molar-refractivity contribution is 5.40. The van der Waals surface area contributed by atoms with Crippen molar-refractivity contribution < 1.29 is 13.2 Å². The molecule has 0 aliphatic heterocycles. The highest BCUT2D eigenvalue weighted by Crippen LogP contribution is 2.35. The van der Waals surface area contributed by atoms with Gasteiger partial charge in [0.15, 0.2) is 0 Å². The average molecular weight is 176 g/mol. The van der Waals surface area contributed by atoms with Gasteiger partial charge in [0, 0.05) is 11.1 Å². The number of azide groups is 1. The molecule has 0 fully saturated rings. The SMILES string of the molecule is [N-]=[N+]=Nc1[nH]ccc1C(F)(F)F. The van der Waals surface area contributed by atoms with Crippen molar-refractivity contribution in [2.75, 3.05) is 0 Å². The molecule has 1 heterocycles. The van der Waals surface area contributed by atoms with E-state index < -0.39 is 17.6 Å². The fourth-order valence-corrected chi connectivity index (χ4v) is 0.717. The predicted molar refractivity (Wildman–Crippen MR) is 34.6 cm³/mol. The Morgan fingerprint density at radius 1 is 1.50 bits per heavy atom. The van der Waals surface area contributed by atoms with Gasteiger partial charge in [-0.3, -0.25) is 0 Å². The zero-order chi connectivity index (χ0) is 9.19. The Morgan fingerprint density at radius 2 is 2.17 bits per heavy atom. The minimum atomic E-state index is -4.48. The second-order valence-corrected chi connectivity index (χ2v) is 1.93. The molecule has 0 spiro atoms. The number of alkyl halides is 3. The van der Waals surface area contributed by atoms with Crippen LogP contribution in [0, 0.1) is 0 Å². The summed E-state index contributed by atoms with van der Waals surface area (Å²) in [5, 5.41) is 2.84. The van der Waals surface area contributed by atoms with Gasteiger partial charge in [-0.1, -0.05) is 0 Å². The summed E-state index contributed by atoms with van der Waals surface area (Å²) in [6, 6.07) is 0.810. The summed E-state index contributed by atoms with van der Waals surface area (Å²) in [7, 11) is 0. The van der Waals surface area contributed by atoms with E-state index in [1.165, 1.54) is 0 Å². The molecule has 0 atom stereocenters. The maximum absolute atomic E-state index is 12.0. The molecular weight excluding hydrogens is 173 g/mol. The number of halogens is 3. The van der Waals surface area contributed by atoms with Crippen molar-refractivity contribution in [3.63, 3.8) is 0 Å². The van der Waals surface area contributed by atoms with Crippen LogP contribution in [0.2, 0.25) is 0 Å². The standard InChI is InChI=1S/C5H3F3N4/c6-5(7,8)3-1-2-10-4(3)11-12-9/h1-2,10H. The number of H-pyrrole nitrogens is 1. The van der Waals surface area contributed by atoms with Crippen molar-refractivity contribution in [1.82, 2.24) is 4.98 Å². The van der Waals surface area contributed by atoms with E-state index in [0.29, 0.717) is 0 Å². The number of aromatic amines is 1. The van der Waals surface area contributed by atoms with Crippen LogP contribution in [0.3, 0.4) is 0 Å². The van der Waals surface area contributed by atoms with Gasteiger partial charge >= 0.3 is 6.18 Å². The summed E-state index contributed by atoms with van der Waals surface area (Å²) in [5.41, 5.74) is 6.94. The van der Waals surface area contributed by atoms with Crippen LogP contribution in [0.5, 0.6) is 0 Å². The molecule has 4 nitrogen and oxygen atoms in total. The van der Waals surface area contributed by atoms with Crippen molar-refractivity contribution in [1.29, 1.82) is 0 Å². The van der Waals surface area contributed by atoms with Gasteiger partial charge in [-0.05, 0) is 16.7 Å². The topological polar surface area (TPSA) is 64.6 Å². The molecule has 0 saturated carbocycles. The molecule has 0 unspecified atom stereocenters. The van der Waals surface area contributed by atoms with Gasteiger partial charge in [0.2, 0.25) is 0 Å². The van der Waals surface area contributed by atoms with Crippen molar-refractivity contribution in [3.05, 3.63) is 28.3 Å². The summed E-state index contributed by atoms with van der Waals surface area (Å²) in [4.78, 5) is 4.42. The Bertz CT molecular complexity index is 320. The van der Waals surface area contributed by atoms with Crippen LogP contribution in [0.25, 0.3) is 10.4 Å². The lowest BCUT2D eigenvalue weighted by atomic mass is 10.3. The third-order valence-corrected chi connectivity index (χ3v) is 1.18. The van der Waals surface area contributed by atoms with E-state index in [9.17, 15) is 13.2 Å². The first kappa shape index (κ1) is 8.48. The first-order valence-electron chi connectivity index (χ1n) is 2.85. The number of hydrogen-bond acceptors (Lipinski definition) is 1. The predicted octanol–water partition coefficient (Wildman–Crippen LogP) is 2.98. The molecule has 0 radical (unpaired) electrons. The highest BCUT2D eigenvalue weighted by atomic mass is 19.4. The van der Waals surface area contributed by atoms with Crippen molar-refractivity contribution in [2.45, 2.75) is 6.18 Å². The molecule has 64 valence electrons. The summed E-state index contributed by atoms with van der Waals surface area (Å²) < 4.78 is 36.0. The van der Waals surface area contributed by atoms with Gasteiger partial charge in [-0.25, -0.2) is 0 Å². The van der Waals surface area contributed by atoms with E-state index >= 15 is 0 Å². The van der Waals surface area contributed by atoms with Crippen LogP contribution in [0.15, 0.2) is 17.4 Å². The Balaban J connectivity index is 3.16. The Hall–Kier alpha value is -1.62. The lowest BCUT2D eigenvalue weighted by Gasteiger charge is -2.03. The van der Waals surface area contributed by atoms with Crippen LogP contribution >= 0.6 is 0 Å². The summed E-state index contributed by atoms with van der Waals surface area (Å²) in [6.07, 6.45) is -3.42. The van der Waals surface area contributed by atoms with E-state index in [0.717, 1.165) is 12.3 Å². The molecule has 1 aromatic heterocycles. The highest BCUT2D eigenvalue weighted by Gasteiger charge is 2.33. The van der Waals surface area contributed by atoms with Gasteiger partial charge < -0.3 is 4.98 Å². The molecule has 1 aromatic rings. The van der Waals surface area contributed by atoms with E-state index in [4.69, 9.17) is 5.53 Å². The summed E-state index contributed by atoms with van der Waals surface area (Å²) in [5.74, 6) is -0.509. The smallest absolute Gasteiger partial charge is 0.359 e. The summed E-state index contributed by atoms with van der Waals surface area (Å²) in [6.45, 7) is 0. The first-order chi connectivity index (χ1) is 5.55. The molecule has 1 N–H and O–H groups in total. The number of nitrogens with one attached hydrogen (secondary N) is 1. The van der Waals surface area contributed by atoms with Crippen molar-refractivity contribution >= 4 is 5.82 Å². The number of nitrogens with zero attached hydrogens (tertiary/aromatic N) is 3. The largest absolute Gasteiger partial charge is 0.418 e. The third-order valence-electron chi connectivity index (χ3n) is 1.18. The van der Waals surface area contributed by atoms with Crippen LogP contribution < -0.4 is 0 Å². The van der Waals surface area contributed by atoms with Gasteiger partial charge in [0.05, 0.1) is 5.56 Å². The minimum Gasteiger partial charge on any atom is -0.359 e. The van der Waals surface area contributed by atoms with Gasteiger partial charge in [0.1, 0.15) is 5.82 Å². The summed E-state index contributed by atoms with van der Waals surface area (Å²) >= 11 is 0. The maximum atomic E-state index is 12.0. The van der Waals surface area contributed by atoms with E-state index in [-0.39, 0.29) is 0 Å². The Labute approximate surface area is 64.6 Å². The van der Waals surface area contributed by atoms with E-state index in [1.54, 1.807) is 0 Å². The number of aromatic nitrogens is 1. The van der Waals surface area contributed by atoms with Crippen molar-refractivity contribution in [2.24, 2.45) is 5.11 Å². The van der Waals surface area contributed by atoms with Gasteiger partial charge in [0.25, 0.3) is 0 Å². The lowest BCUT2D eigenvalue weighted by molar-refractivity contribution is -0.136. The van der Waals surface area contributed by atoms with Crippen LogP contribution in [-0.2, 0) is 6.18 Å².